The lowest BCUT2D eigenvalue weighted by Gasteiger charge is -2.24. The molecule has 0 saturated heterocycles. The van der Waals surface area contributed by atoms with E-state index in [1.807, 2.05) is 30.3 Å². The van der Waals surface area contributed by atoms with Gasteiger partial charge in [0, 0.05) is 13.0 Å². The monoisotopic (exact) mass is 300 g/mol. The van der Waals surface area contributed by atoms with Gasteiger partial charge in [-0.3, -0.25) is 9.59 Å². The highest BCUT2D eigenvalue weighted by molar-refractivity contribution is 5.85. The Hall–Kier alpha value is -1.59. The highest BCUT2D eigenvalue weighted by Crippen LogP contribution is 2.23. The largest absolute Gasteiger partial charge is 0.469 e. The summed E-state index contributed by atoms with van der Waals surface area (Å²) in [5, 5.41) is 2.83. The predicted octanol–water partition coefficient (Wildman–Crippen LogP) is 1.42. The van der Waals surface area contributed by atoms with Crippen molar-refractivity contribution < 1.29 is 14.3 Å². The molecule has 112 valence electrons. The molecule has 0 bridgehead atoms. The second-order valence-corrected chi connectivity index (χ2v) is 4.31. The van der Waals surface area contributed by atoms with Crippen LogP contribution in [0.5, 0.6) is 0 Å². The van der Waals surface area contributed by atoms with E-state index in [9.17, 15) is 9.59 Å². The highest BCUT2D eigenvalue weighted by atomic mass is 35.5. The molecule has 1 aromatic carbocycles. The van der Waals surface area contributed by atoms with Crippen molar-refractivity contribution >= 4 is 24.3 Å². The number of carbonyl (C=O) groups excluding carboxylic acids is 2. The van der Waals surface area contributed by atoms with Gasteiger partial charge in [-0.25, -0.2) is 0 Å². The van der Waals surface area contributed by atoms with Crippen LogP contribution in [0.3, 0.4) is 0 Å². The molecule has 1 amide bonds. The van der Waals surface area contributed by atoms with E-state index in [0.717, 1.165) is 5.56 Å². The maximum absolute atomic E-state index is 11.7. The zero-order chi connectivity index (χ0) is 14.3. The van der Waals surface area contributed by atoms with Crippen molar-refractivity contribution in [2.45, 2.75) is 19.4 Å². The zero-order valence-electron chi connectivity index (χ0n) is 11.7. The quantitative estimate of drug-likeness (QED) is 0.779. The summed E-state index contributed by atoms with van der Waals surface area (Å²) in [6, 6.07) is 8.93. The molecule has 0 fully saturated rings. The summed E-state index contributed by atoms with van der Waals surface area (Å²) in [5.41, 5.74) is 6.22. The van der Waals surface area contributed by atoms with Crippen molar-refractivity contribution in [1.82, 2.24) is 5.32 Å². The Morgan fingerprint density at radius 3 is 2.40 bits per heavy atom. The lowest BCUT2D eigenvalue weighted by molar-refractivity contribution is -0.146. The molecule has 2 atom stereocenters. The van der Waals surface area contributed by atoms with Crippen molar-refractivity contribution in [2.24, 2.45) is 11.7 Å². The van der Waals surface area contributed by atoms with E-state index >= 15 is 0 Å². The Balaban J connectivity index is 0.00000361. The maximum Gasteiger partial charge on any atom is 0.310 e. The molecular formula is C14H21ClN2O3. The number of esters is 1. The molecule has 0 aromatic heterocycles. The molecule has 5 nitrogen and oxygen atoms in total. The van der Waals surface area contributed by atoms with Crippen molar-refractivity contribution in [3.05, 3.63) is 35.9 Å². The molecule has 0 aliphatic rings. The van der Waals surface area contributed by atoms with Crippen LogP contribution < -0.4 is 11.1 Å². The second-order valence-electron chi connectivity index (χ2n) is 4.31. The molecule has 3 N–H and O–H groups in total. The van der Waals surface area contributed by atoms with Crippen molar-refractivity contribution in [1.29, 1.82) is 0 Å². The van der Waals surface area contributed by atoms with Gasteiger partial charge < -0.3 is 15.8 Å². The molecule has 0 aliphatic carbocycles. The first-order valence-electron chi connectivity index (χ1n) is 6.22. The Labute approximate surface area is 125 Å². The summed E-state index contributed by atoms with van der Waals surface area (Å²) in [5.74, 6) is -0.997. The van der Waals surface area contributed by atoms with E-state index in [1.165, 1.54) is 7.11 Å². The summed E-state index contributed by atoms with van der Waals surface area (Å²) in [7, 11) is 1.34. The van der Waals surface area contributed by atoms with Gasteiger partial charge in [0.2, 0.25) is 5.91 Å². The number of halogens is 1. The fourth-order valence-corrected chi connectivity index (χ4v) is 1.86. The number of benzene rings is 1. The first kappa shape index (κ1) is 18.4. The predicted molar refractivity (Wildman–Crippen MR) is 79.4 cm³/mol. The Morgan fingerprint density at radius 2 is 1.90 bits per heavy atom. The van der Waals surface area contributed by atoms with Crippen molar-refractivity contribution in [2.75, 3.05) is 13.7 Å². The average Bonchev–Trinajstić information content (AvgIpc) is 2.44. The van der Waals surface area contributed by atoms with Crippen molar-refractivity contribution in [3.8, 4) is 0 Å². The molecule has 0 heterocycles. The Bertz CT molecular complexity index is 426. The zero-order valence-corrected chi connectivity index (χ0v) is 12.5. The van der Waals surface area contributed by atoms with Crippen LogP contribution in [0, 0.1) is 5.92 Å². The molecule has 1 aromatic rings. The minimum atomic E-state index is -0.464. The highest BCUT2D eigenvalue weighted by Gasteiger charge is 2.27. The van der Waals surface area contributed by atoms with Crippen LogP contribution in [0.15, 0.2) is 30.3 Å². The smallest absolute Gasteiger partial charge is 0.310 e. The van der Waals surface area contributed by atoms with Gasteiger partial charge >= 0.3 is 5.97 Å². The van der Waals surface area contributed by atoms with Gasteiger partial charge in [0.15, 0.2) is 0 Å². The minimum Gasteiger partial charge on any atom is -0.469 e. The van der Waals surface area contributed by atoms with Crippen LogP contribution in [0.4, 0.5) is 0 Å². The first-order chi connectivity index (χ1) is 9.10. The number of hydrogen-bond donors (Lipinski definition) is 2. The van der Waals surface area contributed by atoms with Crippen LogP contribution in [-0.4, -0.2) is 25.5 Å². The molecule has 0 radical (unpaired) electrons. The van der Waals surface area contributed by atoms with E-state index in [4.69, 9.17) is 10.5 Å². The standard InChI is InChI=1S/C14H20N2O3.ClH/c1-10(14(18)19-2)13(16-12(17)8-9-15)11-6-4-3-5-7-11;/h3-7,10,13H,8-9,15H2,1-2H3,(H,16,17);1H. The van der Waals surface area contributed by atoms with Gasteiger partial charge in [-0.1, -0.05) is 30.3 Å². The molecule has 0 spiro atoms. The van der Waals surface area contributed by atoms with E-state index in [0.29, 0.717) is 0 Å². The number of nitrogens with one attached hydrogen (secondary N) is 1. The van der Waals surface area contributed by atoms with Crippen LogP contribution in [0.2, 0.25) is 0 Å². The number of hydrogen-bond acceptors (Lipinski definition) is 4. The molecule has 20 heavy (non-hydrogen) atoms. The normalized spacial score (nSPS) is 12.8. The van der Waals surface area contributed by atoms with Crippen LogP contribution in [0.1, 0.15) is 24.9 Å². The molecule has 0 aliphatic heterocycles. The average molecular weight is 301 g/mol. The van der Waals surface area contributed by atoms with Crippen LogP contribution in [-0.2, 0) is 14.3 Å². The fourth-order valence-electron chi connectivity index (χ4n) is 1.86. The third-order valence-corrected chi connectivity index (χ3v) is 2.92. The van der Waals surface area contributed by atoms with E-state index in [2.05, 4.69) is 5.32 Å². The number of amides is 1. The second kappa shape index (κ2) is 9.34. The molecular weight excluding hydrogens is 280 g/mol. The SMILES string of the molecule is COC(=O)C(C)C(NC(=O)CCN)c1ccccc1.Cl. The first-order valence-corrected chi connectivity index (χ1v) is 6.22. The molecule has 6 heteroatoms. The van der Waals surface area contributed by atoms with Gasteiger partial charge in [0.05, 0.1) is 19.1 Å². The maximum atomic E-state index is 11.7. The molecule has 0 saturated carbocycles. The summed E-state index contributed by atoms with van der Waals surface area (Å²) in [4.78, 5) is 23.4. The van der Waals surface area contributed by atoms with Gasteiger partial charge in [-0.15, -0.1) is 12.4 Å². The van der Waals surface area contributed by atoms with Gasteiger partial charge in [-0.05, 0) is 12.5 Å². The topological polar surface area (TPSA) is 81.4 Å². The molecule has 2 unspecified atom stereocenters. The van der Waals surface area contributed by atoms with E-state index in [1.54, 1.807) is 6.92 Å². The van der Waals surface area contributed by atoms with Crippen molar-refractivity contribution in [3.63, 3.8) is 0 Å². The van der Waals surface area contributed by atoms with E-state index in [-0.39, 0.29) is 37.2 Å². The number of carbonyl (C=O) groups is 2. The number of nitrogens with two attached hydrogens (primary N) is 1. The third-order valence-electron chi connectivity index (χ3n) is 2.92. The Kier molecular flexibility index (Phi) is 8.59. The van der Waals surface area contributed by atoms with Gasteiger partial charge in [0.1, 0.15) is 0 Å². The molecule has 1 rings (SSSR count). The lowest BCUT2D eigenvalue weighted by atomic mass is 9.94. The summed E-state index contributed by atoms with van der Waals surface area (Å²) < 4.78 is 4.74. The number of methoxy groups -OCH3 is 1. The van der Waals surface area contributed by atoms with Gasteiger partial charge in [-0.2, -0.15) is 0 Å². The number of ether oxygens (including phenoxy) is 1. The number of rotatable bonds is 6. The van der Waals surface area contributed by atoms with Crippen LogP contribution in [0.25, 0.3) is 0 Å². The third kappa shape index (κ3) is 5.19. The lowest BCUT2D eigenvalue weighted by Crippen LogP contribution is -2.36. The van der Waals surface area contributed by atoms with Crippen LogP contribution >= 0.6 is 12.4 Å². The summed E-state index contributed by atoms with van der Waals surface area (Å²) in [6.07, 6.45) is 0.233. The Morgan fingerprint density at radius 1 is 1.30 bits per heavy atom. The summed E-state index contributed by atoms with van der Waals surface area (Å²) in [6.45, 7) is 2.01. The minimum absolute atomic E-state index is 0. The van der Waals surface area contributed by atoms with E-state index < -0.39 is 12.0 Å². The fraction of sp³-hybridized carbons (Fsp3) is 0.429. The summed E-state index contributed by atoms with van der Waals surface area (Å²) >= 11 is 0. The van der Waals surface area contributed by atoms with Gasteiger partial charge in [0.25, 0.3) is 0 Å².